The molecular weight excluding hydrogens is 577 g/mol. The van der Waals surface area contributed by atoms with Crippen LogP contribution in [0.3, 0.4) is 0 Å². The van der Waals surface area contributed by atoms with Crippen molar-refractivity contribution in [1.29, 1.82) is 0 Å². The SMILES string of the molecule is C1CC2CCC3CC4C5CC6CCC7CCC8CCC9CCC%10CC(C%11CC%12CCC%13CCC1C1C2C3C(C4%11)C%12C%131)C5C1C6C7C8C9C%101. The summed E-state index contributed by atoms with van der Waals surface area (Å²) in [5, 5.41) is 0. The fourth-order valence-corrected chi connectivity index (χ4v) is 24.5. The third-order valence-corrected chi connectivity index (χ3v) is 24.3. The molecule has 0 spiro atoms. The average molecular weight is 645 g/mol. The molecule has 15 rings (SSSR count). The van der Waals surface area contributed by atoms with Crippen molar-refractivity contribution in [2.75, 3.05) is 0 Å². The van der Waals surface area contributed by atoms with E-state index in [0.717, 1.165) is 0 Å². The van der Waals surface area contributed by atoms with E-state index in [1.54, 1.807) is 128 Å². The van der Waals surface area contributed by atoms with E-state index in [9.17, 15) is 0 Å². The summed E-state index contributed by atoms with van der Waals surface area (Å²) in [5.74, 6) is 33.5. The van der Waals surface area contributed by atoms with Crippen molar-refractivity contribution in [3.63, 3.8) is 0 Å². The second kappa shape index (κ2) is 9.19. The van der Waals surface area contributed by atoms with Crippen molar-refractivity contribution in [1.82, 2.24) is 0 Å². The maximum absolute atomic E-state index is 1.77. The van der Waals surface area contributed by atoms with Crippen LogP contribution in [-0.4, -0.2) is 0 Å². The lowest BCUT2D eigenvalue weighted by molar-refractivity contribution is -0.308. The highest BCUT2D eigenvalue weighted by molar-refractivity contribution is 5.23. The second-order valence-electron chi connectivity index (χ2n) is 23.9. The van der Waals surface area contributed by atoms with E-state index in [0.29, 0.717) is 0 Å². The molecule has 0 nitrogen and oxygen atoms in total. The lowest BCUT2D eigenvalue weighted by Gasteiger charge is -2.79. The van der Waals surface area contributed by atoms with Crippen LogP contribution in [0.4, 0.5) is 0 Å². The van der Waals surface area contributed by atoms with Gasteiger partial charge in [0, 0.05) is 0 Å². The third-order valence-electron chi connectivity index (χ3n) is 24.3. The maximum atomic E-state index is 1.77. The molecule has 0 amide bonds. The summed E-state index contributed by atoms with van der Waals surface area (Å²) in [4.78, 5) is 0. The lowest BCUT2D eigenvalue weighted by Crippen LogP contribution is -2.73. The van der Waals surface area contributed by atoms with Crippen molar-refractivity contribution >= 4 is 0 Å². The Morgan fingerprint density at radius 1 is 0.146 bits per heavy atom. The molecule has 15 aliphatic carbocycles. The average Bonchev–Trinajstić information content (AvgIpc) is 3.14. The van der Waals surface area contributed by atoms with Gasteiger partial charge in [-0.2, -0.15) is 0 Å². The van der Waals surface area contributed by atoms with Gasteiger partial charge in [0.15, 0.2) is 0 Å². The third kappa shape index (κ3) is 3.01. The van der Waals surface area contributed by atoms with Crippen LogP contribution in [0.1, 0.15) is 128 Å². The Labute approximate surface area is 293 Å². The highest BCUT2D eigenvalue weighted by Gasteiger charge is 2.75. The van der Waals surface area contributed by atoms with E-state index in [1.165, 1.54) is 166 Å². The number of hydrogen-bond donors (Lipinski definition) is 0. The zero-order chi connectivity index (χ0) is 30.3. The van der Waals surface area contributed by atoms with E-state index >= 15 is 0 Å². The minimum atomic E-state index is 1.17. The largest absolute Gasteiger partial charge is 0.0499 e. The van der Waals surface area contributed by atoms with Gasteiger partial charge in [-0.1, -0.05) is 0 Å². The zero-order valence-corrected chi connectivity index (χ0v) is 30.3. The molecule has 0 N–H and O–H groups in total. The lowest BCUT2D eigenvalue weighted by atomic mass is 9.26. The summed E-state index contributed by atoms with van der Waals surface area (Å²) in [5.41, 5.74) is 0. The quantitative estimate of drug-likeness (QED) is 0.246. The standard InChI is InChI=1S/C48H68/c1-5-23-9-13-27-17-31-33-19-29-15-11-25-7-3-22-4-8-26-12-16-30-20-34(46(33)48-43(29)39(25)36(22)40(26)44(30)48)32-18-28-14-10-24-6-2-21(1)35-37(23)41(27)47(45(31)32)42(28)38(24)35/h21-48H,1-20H2. The Kier molecular flexibility index (Phi) is 5.28. The number of hydrogen-bond acceptors (Lipinski definition) is 0. The molecule has 15 aliphatic rings. The molecule has 15 fully saturated rings. The molecule has 0 aromatic rings. The molecular formula is C48H68. The molecule has 15 saturated carbocycles. The van der Waals surface area contributed by atoms with E-state index < -0.39 is 0 Å². The van der Waals surface area contributed by atoms with E-state index in [4.69, 9.17) is 0 Å². The van der Waals surface area contributed by atoms with Crippen molar-refractivity contribution in [2.45, 2.75) is 128 Å². The minimum Gasteiger partial charge on any atom is -0.0499 e. The molecule has 0 radical (unpaired) electrons. The molecule has 0 aromatic heterocycles. The molecule has 0 heterocycles. The molecule has 0 aromatic carbocycles. The van der Waals surface area contributed by atoms with Crippen LogP contribution >= 0.6 is 0 Å². The fourth-order valence-electron chi connectivity index (χ4n) is 24.5. The Balaban J connectivity index is 0.898. The van der Waals surface area contributed by atoms with Crippen LogP contribution in [0.15, 0.2) is 0 Å². The van der Waals surface area contributed by atoms with Gasteiger partial charge in [0.25, 0.3) is 0 Å². The molecule has 260 valence electrons. The van der Waals surface area contributed by atoms with Gasteiger partial charge < -0.3 is 0 Å². The molecule has 0 bridgehead atoms. The first kappa shape index (κ1) is 27.6. The van der Waals surface area contributed by atoms with Crippen LogP contribution in [0.25, 0.3) is 0 Å². The first-order chi connectivity index (χ1) is 23.8. The Morgan fingerprint density at radius 2 is 0.312 bits per heavy atom. The van der Waals surface area contributed by atoms with Gasteiger partial charge in [-0.3, -0.25) is 0 Å². The highest BCUT2D eigenvalue weighted by Crippen LogP contribution is 2.81. The summed E-state index contributed by atoms with van der Waals surface area (Å²) in [7, 11) is 0. The normalized spacial score (nSPS) is 73.0. The zero-order valence-electron chi connectivity index (χ0n) is 30.3. The van der Waals surface area contributed by atoms with E-state index in [1.807, 2.05) is 0 Å². The summed E-state index contributed by atoms with van der Waals surface area (Å²) in [6.45, 7) is 0. The topological polar surface area (TPSA) is 0 Å². The Hall–Kier alpha value is 0. The molecule has 48 heavy (non-hydrogen) atoms. The van der Waals surface area contributed by atoms with Crippen molar-refractivity contribution in [2.24, 2.45) is 166 Å². The second-order valence-corrected chi connectivity index (χ2v) is 23.9. The van der Waals surface area contributed by atoms with Gasteiger partial charge in [-0.15, -0.1) is 0 Å². The van der Waals surface area contributed by atoms with Gasteiger partial charge in [0.2, 0.25) is 0 Å². The summed E-state index contributed by atoms with van der Waals surface area (Å²) in [6.07, 6.45) is 33.8. The first-order valence-corrected chi connectivity index (χ1v) is 23.8. The predicted molar refractivity (Wildman–Crippen MR) is 190 cm³/mol. The van der Waals surface area contributed by atoms with Crippen LogP contribution in [0, 0.1) is 166 Å². The van der Waals surface area contributed by atoms with E-state index in [2.05, 4.69) is 0 Å². The van der Waals surface area contributed by atoms with Crippen LogP contribution in [0.2, 0.25) is 0 Å². The van der Waals surface area contributed by atoms with Crippen LogP contribution < -0.4 is 0 Å². The molecule has 20 atom stereocenters. The molecule has 0 aliphatic heterocycles. The Morgan fingerprint density at radius 3 is 0.521 bits per heavy atom. The van der Waals surface area contributed by atoms with Crippen molar-refractivity contribution in [3.05, 3.63) is 0 Å². The molecule has 0 heteroatoms. The summed E-state index contributed by atoms with van der Waals surface area (Å²) >= 11 is 0. The Bertz CT molecular complexity index is 1190. The first-order valence-electron chi connectivity index (χ1n) is 23.8. The highest BCUT2D eigenvalue weighted by atomic mass is 14.8. The smallest absolute Gasteiger partial charge is 0.0313 e. The van der Waals surface area contributed by atoms with Gasteiger partial charge in [0.1, 0.15) is 0 Å². The molecule has 20 unspecified atom stereocenters. The van der Waals surface area contributed by atoms with Crippen molar-refractivity contribution < 1.29 is 0 Å². The summed E-state index contributed by atoms with van der Waals surface area (Å²) in [6, 6.07) is 0. The van der Waals surface area contributed by atoms with Gasteiger partial charge >= 0.3 is 0 Å². The van der Waals surface area contributed by atoms with Crippen LogP contribution in [-0.2, 0) is 0 Å². The van der Waals surface area contributed by atoms with Gasteiger partial charge in [-0.25, -0.2) is 0 Å². The minimum absolute atomic E-state index is 1.17. The monoisotopic (exact) mass is 645 g/mol. The fraction of sp³-hybridized carbons (Fsp3) is 1.00. The van der Waals surface area contributed by atoms with E-state index in [-0.39, 0.29) is 0 Å². The number of fused-ring (bicyclic) bond motifs is 2. The molecule has 0 saturated heterocycles. The van der Waals surface area contributed by atoms with Gasteiger partial charge in [0.05, 0.1) is 0 Å². The maximum Gasteiger partial charge on any atom is -0.0313 e. The predicted octanol–water partition coefficient (Wildman–Crippen LogP) is 11.2. The summed E-state index contributed by atoms with van der Waals surface area (Å²) < 4.78 is 0. The number of rotatable bonds is 0. The van der Waals surface area contributed by atoms with Crippen LogP contribution in [0.5, 0.6) is 0 Å². The van der Waals surface area contributed by atoms with Crippen molar-refractivity contribution in [3.8, 4) is 0 Å². The van der Waals surface area contributed by atoms with Gasteiger partial charge in [-0.05, 0) is 294 Å².